The zero-order chi connectivity index (χ0) is 14.9. The molecule has 4 aromatic rings. The highest BCUT2D eigenvalue weighted by Gasteiger charge is 2.21. The van der Waals surface area contributed by atoms with Gasteiger partial charge in [-0.2, -0.15) is 0 Å². The standard InChI is InChI=1S/C18H13ClN2S/c19-14-7-2-1-6-13(14)12-21-16-9-4-3-8-15(16)20-18(21)17-10-5-11-22-17/h1-11H,12H2/p+1. The number of fused-ring (bicyclic) bond motifs is 1. The lowest BCUT2D eigenvalue weighted by atomic mass is 10.2. The van der Waals surface area contributed by atoms with Crippen molar-refractivity contribution in [2.75, 3.05) is 0 Å². The van der Waals surface area contributed by atoms with Crippen LogP contribution in [0.25, 0.3) is 21.7 Å². The Balaban J connectivity index is 1.91. The number of rotatable bonds is 3. The summed E-state index contributed by atoms with van der Waals surface area (Å²) in [5, 5.41) is 2.90. The normalized spacial score (nSPS) is 11.1. The summed E-state index contributed by atoms with van der Waals surface area (Å²) in [7, 11) is 0. The molecule has 2 nitrogen and oxygen atoms in total. The van der Waals surface area contributed by atoms with E-state index in [0.29, 0.717) is 0 Å². The number of imidazole rings is 1. The third-order valence-electron chi connectivity index (χ3n) is 3.76. The number of halogens is 1. The van der Waals surface area contributed by atoms with E-state index in [-0.39, 0.29) is 0 Å². The second kappa shape index (κ2) is 5.59. The van der Waals surface area contributed by atoms with Crippen LogP contribution >= 0.6 is 22.9 Å². The summed E-state index contributed by atoms with van der Waals surface area (Å²) in [6.07, 6.45) is 0. The van der Waals surface area contributed by atoms with Crippen molar-refractivity contribution in [2.45, 2.75) is 6.54 Å². The van der Waals surface area contributed by atoms with Crippen molar-refractivity contribution in [3.63, 3.8) is 0 Å². The monoisotopic (exact) mass is 325 g/mol. The minimum Gasteiger partial charge on any atom is -0.236 e. The summed E-state index contributed by atoms with van der Waals surface area (Å²) < 4.78 is 2.29. The molecule has 0 unspecified atom stereocenters. The predicted octanol–water partition coefficient (Wildman–Crippen LogP) is 4.89. The third-order valence-corrected chi connectivity index (χ3v) is 5.00. The SMILES string of the molecule is Clc1ccccc1C[n+]1c(-c2cccs2)[nH]c2ccccc21. The van der Waals surface area contributed by atoms with Crippen molar-refractivity contribution in [1.82, 2.24) is 4.98 Å². The van der Waals surface area contributed by atoms with E-state index < -0.39 is 0 Å². The van der Waals surface area contributed by atoms with E-state index >= 15 is 0 Å². The number of thiophene rings is 1. The summed E-state index contributed by atoms with van der Waals surface area (Å²) >= 11 is 8.08. The molecule has 4 heteroatoms. The quantitative estimate of drug-likeness (QED) is 0.518. The number of aromatic amines is 1. The average molecular weight is 326 g/mol. The molecule has 2 heterocycles. The van der Waals surface area contributed by atoms with Gasteiger partial charge in [0.15, 0.2) is 11.0 Å². The summed E-state index contributed by atoms with van der Waals surface area (Å²) in [5.41, 5.74) is 3.44. The van der Waals surface area contributed by atoms with Gasteiger partial charge in [-0.25, -0.2) is 9.55 Å². The van der Waals surface area contributed by atoms with Crippen molar-refractivity contribution in [1.29, 1.82) is 0 Å². The number of nitrogens with one attached hydrogen (secondary N) is 1. The molecule has 0 amide bonds. The first-order valence-corrected chi connectivity index (χ1v) is 8.36. The second-order valence-electron chi connectivity index (χ2n) is 5.15. The van der Waals surface area contributed by atoms with Crippen LogP contribution < -0.4 is 4.57 Å². The van der Waals surface area contributed by atoms with Crippen LogP contribution in [-0.2, 0) is 6.54 Å². The molecular weight excluding hydrogens is 312 g/mol. The molecule has 0 fully saturated rings. The molecule has 2 aromatic carbocycles. The summed E-state index contributed by atoms with van der Waals surface area (Å²) in [6, 6.07) is 20.6. The molecule has 0 bridgehead atoms. The topological polar surface area (TPSA) is 19.7 Å². The molecule has 0 saturated heterocycles. The van der Waals surface area contributed by atoms with Gasteiger partial charge < -0.3 is 0 Å². The highest BCUT2D eigenvalue weighted by atomic mass is 35.5. The Kier molecular flexibility index (Phi) is 3.45. The van der Waals surface area contributed by atoms with E-state index in [4.69, 9.17) is 11.6 Å². The van der Waals surface area contributed by atoms with Crippen LogP contribution in [-0.4, -0.2) is 4.98 Å². The minimum absolute atomic E-state index is 0.747. The van der Waals surface area contributed by atoms with E-state index in [0.717, 1.165) is 28.5 Å². The molecule has 108 valence electrons. The first-order chi connectivity index (χ1) is 10.8. The van der Waals surface area contributed by atoms with Crippen LogP contribution in [0.5, 0.6) is 0 Å². The van der Waals surface area contributed by atoms with Crippen molar-refractivity contribution < 1.29 is 4.57 Å². The van der Waals surface area contributed by atoms with Crippen LogP contribution in [0.15, 0.2) is 66.0 Å². The maximum atomic E-state index is 6.35. The summed E-state index contributed by atoms with van der Waals surface area (Å²) in [6.45, 7) is 0.747. The summed E-state index contributed by atoms with van der Waals surface area (Å²) in [5.74, 6) is 1.12. The van der Waals surface area contributed by atoms with Gasteiger partial charge in [0.2, 0.25) is 0 Å². The van der Waals surface area contributed by atoms with Crippen LogP contribution in [0.4, 0.5) is 0 Å². The molecule has 0 atom stereocenters. The molecule has 0 aliphatic heterocycles. The Hall–Kier alpha value is -2.10. The highest BCUT2D eigenvalue weighted by molar-refractivity contribution is 7.13. The smallest absolute Gasteiger partial charge is 0.236 e. The molecule has 0 aliphatic carbocycles. The molecule has 22 heavy (non-hydrogen) atoms. The van der Waals surface area contributed by atoms with Gasteiger partial charge in [-0.3, -0.25) is 0 Å². The summed E-state index contributed by atoms with van der Waals surface area (Å²) in [4.78, 5) is 4.76. The molecule has 0 aliphatic rings. The lowest BCUT2D eigenvalue weighted by molar-refractivity contribution is -0.650. The van der Waals surface area contributed by atoms with Gasteiger partial charge in [0.1, 0.15) is 11.4 Å². The molecular formula is C18H14ClN2S+. The maximum absolute atomic E-state index is 6.35. The maximum Gasteiger partial charge on any atom is 0.298 e. The van der Waals surface area contributed by atoms with Gasteiger partial charge >= 0.3 is 0 Å². The van der Waals surface area contributed by atoms with Crippen LogP contribution in [0.2, 0.25) is 5.02 Å². The largest absolute Gasteiger partial charge is 0.298 e. The van der Waals surface area contributed by atoms with E-state index in [2.05, 4.69) is 57.4 Å². The first-order valence-electron chi connectivity index (χ1n) is 7.11. The second-order valence-corrected chi connectivity index (χ2v) is 6.50. The minimum atomic E-state index is 0.747. The average Bonchev–Trinajstić information content (AvgIpc) is 3.17. The van der Waals surface area contributed by atoms with E-state index in [1.54, 1.807) is 11.3 Å². The number of H-pyrrole nitrogens is 1. The number of nitrogens with zero attached hydrogens (tertiary/aromatic N) is 1. The zero-order valence-corrected chi connectivity index (χ0v) is 13.4. The van der Waals surface area contributed by atoms with Gasteiger partial charge in [0.25, 0.3) is 5.82 Å². The van der Waals surface area contributed by atoms with Crippen molar-refractivity contribution >= 4 is 34.0 Å². The van der Waals surface area contributed by atoms with Crippen LogP contribution in [0.1, 0.15) is 5.56 Å². The fraction of sp³-hybridized carbons (Fsp3) is 0.0556. The van der Waals surface area contributed by atoms with Crippen molar-refractivity contribution in [2.24, 2.45) is 0 Å². The predicted molar refractivity (Wildman–Crippen MR) is 92.4 cm³/mol. The molecule has 1 N–H and O–H groups in total. The molecule has 0 spiro atoms. The van der Waals surface area contributed by atoms with E-state index in [9.17, 15) is 0 Å². The molecule has 2 aromatic heterocycles. The molecule has 4 rings (SSSR count). The number of aromatic nitrogens is 2. The lowest BCUT2D eigenvalue weighted by Crippen LogP contribution is -2.35. The third kappa shape index (κ3) is 2.32. The Labute approximate surface area is 137 Å². The van der Waals surface area contributed by atoms with Crippen LogP contribution in [0.3, 0.4) is 0 Å². The lowest BCUT2D eigenvalue weighted by Gasteiger charge is -2.04. The number of benzene rings is 2. The Morgan fingerprint density at radius 3 is 2.59 bits per heavy atom. The van der Waals surface area contributed by atoms with Gasteiger partial charge in [-0.15, -0.1) is 11.3 Å². The molecule has 0 radical (unpaired) electrons. The number of para-hydroxylation sites is 2. The molecule has 0 saturated carbocycles. The van der Waals surface area contributed by atoms with Gasteiger partial charge in [0, 0.05) is 10.6 Å². The first kappa shape index (κ1) is 13.6. The highest BCUT2D eigenvalue weighted by Crippen LogP contribution is 2.24. The number of hydrogen-bond donors (Lipinski definition) is 1. The Morgan fingerprint density at radius 1 is 0.955 bits per heavy atom. The van der Waals surface area contributed by atoms with Crippen LogP contribution in [0, 0.1) is 0 Å². The Morgan fingerprint density at radius 2 is 1.77 bits per heavy atom. The van der Waals surface area contributed by atoms with E-state index in [1.807, 2.05) is 18.2 Å². The Bertz CT molecular complexity index is 925. The van der Waals surface area contributed by atoms with Gasteiger partial charge in [-0.05, 0) is 29.6 Å². The van der Waals surface area contributed by atoms with Crippen molar-refractivity contribution in [3.05, 3.63) is 76.6 Å². The fourth-order valence-corrected chi connectivity index (χ4v) is 3.63. The van der Waals surface area contributed by atoms with E-state index in [1.165, 1.54) is 10.4 Å². The van der Waals surface area contributed by atoms with Crippen molar-refractivity contribution in [3.8, 4) is 10.7 Å². The number of hydrogen-bond acceptors (Lipinski definition) is 1. The van der Waals surface area contributed by atoms with Gasteiger partial charge in [-0.1, -0.05) is 48.0 Å². The van der Waals surface area contributed by atoms with Gasteiger partial charge in [0.05, 0.1) is 0 Å². The fourth-order valence-electron chi connectivity index (χ4n) is 2.70. The zero-order valence-electron chi connectivity index (χ0n) is 11.8.